The van der Waals surface area contributed by atoms with Gasteiger partial charge in [-0.25, -0.2) is 9.79 Å². The number of carbonyl (C=O) groups is 1. The Hall–Kier alpha value is -4.08. The summed E-state index contributed by atoms with van der Waals surface area (Å²) >= 11 is 15.2. The molecule has 6 rings (SSSR count). The zero-order valence-electron chi connectivity index (χ0n) is 24.9. The number of rotatable bonds is 9. The van der Waals surface area contributed by atoms with Crippen LogP contribution < -0.4 is 19.6 Å². The smallest absolute Gasteiger partial charge is 0.338 e. The molecule has 0 amide bonds. The molecule has 1 atom stereocenters. The number of nitrogens with zero attached hydrogens (tertiary/aromatic N) is 2. The molecule has 0 radical (unpaired) electrons. The van der Waals surface area contributed by atoms with E-state index in [0.717, 1.165) is 27.1 Å². The Morgan fingerprint density at radius 1 is 1.00 bits per heavy atom. The highest BCUT2D eigenvalue weighted by molar-refractivity contribution is 7.98. The first-order valence-electron chi connectivity index (χ1n) is 14.5. The lowest BCUT2D eigenvalue weighted by Crippen LogP contribution is -2.40. The molecule has 0 spiro atoms. The largest absolute Gasteiger partial charge is 0.489 e. The van der Waals surface area contributed by atoms with Crippen LogP contribution in [0.4, 0.5) is 0 Å². The van der Waals surface area contributed by atoms with Crippen molar-refractivity contribution in [2.24, 2.45) is 4.99 Å². The summed E-state index contributed by atoms with van der Waals surface area (Å²) in [6.07, 6.45) is 3.83. The molecule has 4 aromatic carbocycles. The molecule has 0 saturated heterocycles. The summed E-state index contributed by atoms with van der Waals surface area (Å²) < 4.78 is 13.6. The molecule has 232 valence electrons. The van der Waals surface area contributed by atoms with E-state index in [1.165, 1.54) is 11.3 Å². The van der Waals surface area contributed by atoms with Crippen LogP contribution >= 0.6 is 46.3 Å². The standard InChI is InChI=1S/C36H28Cl2N2O4S2/c1-3-43-35(42)31-32(23-7-5-4-6-8-23)39-36-40(33(31)24-12-17-28(45-2)18-13-24)34(41)30(46-36)19-22-9-15-27(16-10-22)44-21-25-11-14-26(37)20-29(25)38/h4-20,33H,3,21H2,1-2H3/b30-19-/t33-/m0/s1. The number of thioether (sulfide) groups is 1. The van der Waals surface area contributed by atoms with E-state index in [9.17, 15) is 9.59 Å². The fourth-order valence-electron chi connectivity index (χ4n) is 5.15. The number of carbonyl (C=O) groups excluding carboxylic acids is 1. The third-order valence-corrected chi connectivity index (χ3v) is 9.71. The van der Waals surface area contributed by atoms with Crippen molar-refractivity contribution >= 4 is 64.0 Å². The third kappa shape index (κ3) is 6.71. The third-order valence-electron chi connectivity index (χ3n) is 7.39. The molecule has 1 aliphatic heterocycles. The lowest BCUT2D eigenvalue weighted by Gasteiger charge is -2.26. The minimum atomic E-state index is -0.723. The average molecular weight is 688 g/mol. The Bertz CT molecular complexity index is 2110. The first-order valence-corrected chi connectivity index (χ1v) is 17.2. The molecule has 1 aromatic heterocycles. The SMILES string of the molecule is CCOC(=O)C1=C(c2ccccc2)N=c2s/c(=C\c3ccc(OCc4ccc(Cl)cc4Cl)cc3)c(=O)n2[C@H]1c1ccc(SC)cc1. The van der Waals surface area contributed by atoms with Crippen LogP contribution in [0.3, 0.4) is 0 Å². The van der Waals surface area contributed by atoms with Crippen molar-refractivity contribution in [3.8, 4) is 5.75 Å². The first kappa shape index (κ1) is 31.9. The van der Waals surface area contributed by atoms with Gasteiger partial charge in [0.25, 0.3) is 5.56 Å². The van der Waals surface area contributed by atoms with Crippen LogP contribution in [0.15, 0.2) is 117 Å². The van der Waals surface area contributed by atoms with Gasteiger partial charge >= 0.3 is 5.97 Å². The predicted octanol–water partition coefficient (Wildman–Crippen LogP) is 7.54. The highest BCUT2D eigenvalue weighted by Gasteiger charge is 2.35. The molecule has 0 N–H and O–H groups in total. The van der Waals surface area contributed by atoms with E-state index in [4.69, 9.17) is 37.7 Å². The van der Waals surface area contributed by atoms with Crippen LogP contribution in [0.5, 0.6) is 5.75 Å². The highest BCUT2D eigenvalue weighted by Crippen LogP contribution is 2.35. The number of aromatic nitrogens is 1. The molecule has 0 aliphatic carbocycles. The van der Waals surface area contributed by atoms with Gasteiger partial charge in [-0.2, -0.15) is 0 Å². The molecule has 0 unspecified atom stereocenters. The minimum absolute atomic E-state index is 0.194. The fourth-order valence-corrected chi connectivity index (χ4v) is 7.03. The molecule has 5 aromatic rings. The quantitative estimate of drug-likeness (QED) is 0.118. The Balaban J connectivity index is 1.42. The molecular weight excluding hydrogens is 659 g/mol. The second-order valence-electron chi connectivity index (χ2n) is 10.3. The monoisotopic (exact) mass is 686 g/mol. The van der Waals surface area contributed by atoms with Crippen molar-refractivity contribution < 1.29 is 14.3 Å². The number of hydrogen-bond acceptors (Lipinski definition) is 7. The van der Waals surface area contributed by atoms with Crippen molar-refractivity contribution in [3.63, 3.8) is 0 Å². The molecule has 46 heavy (non-hydrogen) atoms. The maximum Gasteiger partial charge on any atom is 0.338 e. The summed E-state index contributed by atoms with van der Waals surface area (Å²) in [6.45, 7) is 2.25. The fraction of sp³-hybridized carbons (Fsp3) is 0.139. The molecule has 0 fully saturated rings. The average Bonchev–Trinajstić information content (AvgIpc) is 3.38. The molecule has 10 heteroatoms. The van der Waals surface area contributed by atoms with E-state index >= 15 is 0 Å². The number of esters is 1. The second-order valence-corrected chi connectivity index (χ2v) is 13.0. The van der Waals surface area contributed by atoms with E-state index in [1.807, 2.05) is 97.3 Å². The number of ether oxygens (including phenoxy) is 2. The van der Waals surface area contributed by atoms with Crippen molar-refractivity contribution in [3.05, 3.63) is 155 Å². The highest BCUT2D eigenvalue weighted by atomic mass is 35.5. The number of thiazole rings is 1. The lowest BCUT2D eigenvalue weighted by atomic mass is 9.93. The predicted molar refractivity (Wildman–Crippen MR) is 187 cm³/mol. The maximum atomic E-state index is 14.1. The number of benzene rings is 4. The zero-order chi connectivity index (χ0) is 32.2. The lowest BCUT2D eigenvalue weighted by molar-refractivity contribution is -0.138. The van der Waals surface area contributed by atoms with Gasteiger partial charge in [0.1, 0.15) is 12.4 Å². The van der Waals surface area contributed by atoms with Crippen molar-refractivity contribution in [1.82, 2.24) is 4.57 Å². The molecule has 0 saturated carbocycles. The Labute approximate surface area is 284 Å². The van der Waals surface area contributed by atoms with Gasteiger partial charge < -0.3 is 9.47 Å². The number of fused-ring (bicyclic) bond motifs is 1. The summed E-state index contributed by atoms with van der Waals surface area (Å²) in [6, 6.07) is 29.4. The van der Waals surface area contributed by atoms with Crippen LogP contribution in [0.1, 0.15) is 35.2 Å². The summed E-state index contributed by atoms with van der Waals surface area (Å²) in [7, 11) is 0. The maximum absolute atomic E-state index is 14.1. The van der Waals surface area contributed by atoms with Gasteiger partial charge in [0.15, 0.2) is 4.80 Å². The first-order chi connectivity index (χ1) is 22.4. The molecule has 2 heterocycles. The van der Waals surface area contributed by atoms with Gasteiger partial charge in [0.2, 0.25) is 0 Å². The number of hydrogen-bond donors (Lipinski definition) is 0. The van der Waals surface area contributed by atoms with Crippen molar-refractivity contribution in [1.29, 1.82) is 0 Å². The second kappa shape index (κ2) is 14.1. The topological polar surface area (TPSA) is 69.9 Å². The van der Waals surface area contributed by atoms with E-state index in [1.54, 1.807) is 35.4 Å². The van der Waals surface area contributed by atoms with Gasteiger partial charge in [-0.3, -0.25) is 9.36 Å². The zero-order valence-corrected chi connectivity index (χ0v) is 28.1. The molecular formula is C36H28Cl2N2O4S2. The minimum Gasteiger partial charge on any atom is -0.489 e. The summed E-state index contributed by atoms with van der Waals surface area (Å²) in [5.74, 6) is 0.152. The van der Waals surface area contributed by atoms with E-state index in [2.05, 4.69) is 0 Å². The summed E-state index contributed by atoms with van der Waals surface area (Å²) in [5.41, 5.74) is 3.78. The van der Waals surface area contributed by atoms with E-state index in [0.29, 0.717) is 43.0 Å². The summed E-state index contributed by atoms with van der Waals surface area (Å²) in [4.78, 5) is 34.2. The van der Waals surface area contributed by atoms with Crippen LogP contribution in [-0.2, 0) is 16.1 Å². The van der Waals surface area contributed by atoms with Gasteiger partial charge in [-0.1, -0.05) is 95.2 Å². The van der Waals surface area contributed by atoms with Crippen LogP contribution in [-0.4, -0.2) is 23.4 Å². The molecule has 1 aliphatic rings. The van der Waals surface area contributed by atoms with Crippen LogP contribution in [0.25, 0.3) is 11.8 Å². The number of halogens is 2. The van der Waals surface area contributed by atoms with Crippen LogP contribution in [0, 0.1) is 0 Å². The molecule has 0 bridgehead atoms. The van der Waals surface area contributed by atoms with E-state index in [-0.39, 0.29) is 12.2 Å². The Kier molecular flexibility index (Phi) is 9.80. The van der Waals surface area contributed by atoms with Gasteiger partial charge in [-0.15, -0.1) is 11.8 Å². The normalized spacial score (nSPS) is 14.5. The Morgan fingerprint density at radius 3 is 2.41 bits per heavy atom. The Morgan fingerprint density at radius 2 is 1.74 bits per heavy atom. The van der Waals surface area contributed by atoms with Crippen LogP contribution in [0.2, 0.25) is 10.0 Å². The van der Waals surface area contributed by atoms with Gasteiger partial charge in [-0.05, 0) is 66.8 Å². The van der Waals surface area contributed by atoms with Crippen molar-refractivity contribution in [2.45, 2.75) is 24.5 Å². The molecule has 6 nitrogen and oxygen atoms in total. The van der Waals surface area contributed by atoms with Gasteiger partial charge in [0, 0.05) is 26.1 Å². The van der Waals surface area contributed by atoms with Gasteiger partial charge in [0.05, 0.1) is 28.5 Å². The van der Waals surface area contributed by atoms with E-state index < -0.39 is 12.0 Å². The van der Waals surface area contributed by atoms with Crippen molar-refractivity contribution in [2.75, 3.05) is 12.9 Å². The summed E-state index contributed by atoms with van der Waals surface area (Å²) in [5, 5.41) is 1.11.